The number of aromatic nitrogens is 1. The summed E-state index contributed by atoms with van der Waals surface area (Å²) in [6.45, 7) is 2.37. The zero-order valence-electron chi connectivity index (χ0n) is 10.7. The van der Waals surface area contributed by atoms with Gasteiger partial charge in [-0.25, -0.2) is 4.98 Å². The molecule has 0 aliphatic rings. The van der Waals surface area contributed by atoms with E-state index in [2.05, 4.69) is 10.3 Å². The second-order valence-electron chi connectivity index (χ2n) is 4.35. The molecule has 1 aromatic heterocycles. The van der Waals surface area contributed by atoms with Gasteiger partial charge in [-0.1, -0.05) is 29.8 Å². The number of nitrogens with one attached hydrogen (secondary N) is 1. The molecule has 1 atom stereocenters. The summed E-state index contributed by atoms with van der Waals surface area (Å²) in [5.74, 6) is 0.644. The van der Waals surface area contributed by atoms with Gasteiger partial charge < -0.3 is 10.4 Å². The first-order valence-corrected chi connectivity index (χ1v) is 6.03. The molecule has 2 aromatic rings. The van der Waals surface area contributed by atoms with Gasteiger partial charge in [0, 0.05) is 12.7 Å². The Kier molecular flexibility index (Phi) is 4.11. The van der Waals surface area contributed by atoms with Crippen LogP contribution in [0.2, 0.25) is 0 Å². The lowest BCUT2D eigenvalue weighted by atomic mass is 10.1. The van der Waals surface area contributed by atoms with E-state index in [1.807, 2.05) is 37.3 Å². The highest BCUT2D eigenvalue weighted by molar-refractivity contribution is 5.39. The van der Waals surface area contributed by atoms with E-state index in [4.69, 9.17) is 5.26 Å². The summed E-state index contributed by atoms with van der Waals surface area (Å²) in [7, 11) is 0. The lowest BCUT2D eigenvalue weighted by Crippen LogP contribution is -2.13. The Hall–Kier alpha value is -2.38. The molecule has 0 saturated heterocycles. The first kappa shape index (κ1) is 13.1. The third kappa shape index (κ3) is 3.54. The summed E-state index contributed by atoms with van der Waals surface area (Å²) in [5.41, 5.74) is 2.51. The van der Waals surface area contributed by atoms with Crippen molar-refractivity contribution in [2.24, 2.45) is 0 Å². The molecule has 4 nitrogen and oxygen atoms in total. The zero-order valence-corrected chi connectivity index (χ0v) is 10.7. The number of rotatable bonds is 4. The van der Waals surface area contributed by atoms with E-state index < -0.39 is 6.10 Å². The van der Waals surface area contributed by atoms with Crippen LogP contribution < -0.4 is 5.32 Å². The molecule has 0 fully saturated rings. The van der Waals surface area contributed by atoms with Gasteiger partial charge in [-0.2, -0.15) is 5.26 Å². The number of aliphatic hydroxyl groups excluding tert-OH is 1. The molecule has 1 heterocycles. The predicted molar refractivity (Wildman–Crippen MR) is 73.6 cm³/mol. The molecule has 4 heteroatoms. The zero-order chi connectivity index (χ0) is 13.7. The summed E-state index contributed by atoms with van der Waals surface area (Å²) in [5, 5.41) is 21.8. The molecule has 0 saturated carbocycles. The minimum Gasteiger partial charge on any atom is -0.387 e. The lowest BCUT2D eigenvalue weighted by molar-refractivity contribution is 0.191. The fourth-order valence-electron chi connectivity index (χ4n) is 1.76. The summed E-state index contributed by atoms with van der Waals surface area (Å²) in [4.78, 5) is 4.09. The molecule has 2 rings (SSSR count). The van der Waals surface area contributed by atoms with Crippen molar-refractivity contribution in [3.05, 3.63) is 59.3 Å². The van der Waals surface area contributed by atoms with E-state index in [0.29, 0.717) is 17.9 Å². The number of aliphatic hydroxyl groups is 1. The average Bonchev–Trinajstić information content (AvgIpc) is 2.45. The molecule has 96 valence electrons. The van der Waals surface area contributed by atoms with E-state index in [1.165, 1.54) is 6.20 Å². The van der Waals surface area contributed by atoms with Crippen LogP contribution in [0.15, 0.2) is 42.6 Å². The molecule has 0 bridgehead atoms. The Labute approximate surface area is 112 Å². The number of nitriles is 1. The van der Waals surface area contributed by atoms with Gasteiger partial charge in [-0.3, -0.25) is 0 Å². The maximum absolute atomic E-state index is 10.1. The van der Waals surface area contributed by atoms with E-state index in [1.54, 1.807) is 12.1 Å². The number of anilines is 1. The average molecular weight is 253 g/mol. The molecular formula is C15H15N3O. The normalized spacial score (nSPS) is 11.6. The lowest BCUT2D eigenvalue weighted by Gasteiger charge is -2.13. The van der Waals surface area contributed by atoms with Crippen molar-refractivity contribution < 1.29 is 5.11 Å². The Morgan fingerprint density at radius 1 is 1.37 bits per heavy atom. The van der Waals surface area contributed by atoms with E-state index in [0.717, 1.165) is 11.1 Å². The quantitative estimate of drug-likeness (QED) is 0.878. The van der Waals surface area contributed by atoms with Crippen molar-refractivity contribution in [2.75, 3.05) is 11.9 Å². The fraction of sp³-hybridized carbons (Fsp3) is 0.200. The number of nitrogens with zero attached hydrogens (tertiary/aromatic N) is 2. The van der Waals surface area contributed by atoms with Gasteiger partial charge in [0.05, 0.1) is 11.7 Å². The fourth-order valence-corrected chi connectivity index (χ4v) is 1.76. The van der Waals surface area contributed by atoms with Gasteiger partial charge in [0.25, 0.3) is 0 Å². The molecule has 0 radical (unpaired) electrons. The SMILES string of the molecule is Cc1cccc(C(O)CNc2ccc(C#N)cn2)c1. The number of hydrogen-bond donors (Lipinski definition) is 2. The van der Waals surface area contributed by atoms with Crippen LogP contribution in [-0.4, -0.2) is 16.6 Å². The van der Waals surface area contributed by atoms with Crippen LogP contribution in [0.4, 0.5) is 5.82 Å². The Bertz CT molecular complexity index is 587. The van der Waals surface area contributed by atoms with Crippen molar-refractivity contribution in [1.82, 2.24) is 4.98 Å². The highest BCUT2D eigenvalue weighted by atomic mass is 16.3. The molecule has 0 spiro atoms. The van der Waals surface area contributed by atoms with Gasteiger partial charge in [0.1, 0.15) is 11.9 Å². The third-order valence-electron chi connectivity index (χ3n) is 2.80. The maximum Gasteiger partial charge on any atom is 0.126 e. The largest absolute Gasteiger partial charge is 0.387 e. The van der Waals surface area contributed by atoms with Gasteiger partial charge >= 0.3 is 0 Å². The van der Waals surface area contributed by atoms with Crippen LogP contribution in [0.25, 0.3) is 0 Å². The standard InChI is InChI=1S/C15H15N3O/c1-11-3-2-4-13(7-11)14(19)10-18-15-6-5-12(8-16)9-17-15/h2-7,9,14,19H,10H2,1H3,(H,17,18). The van der Waals surface area contributed by atoms with Crippen LogP contribution in [0.3, 0.4) is 0 Å². The second kappa shape index (κ2) is 5.98. The smallest absolute Gasteiger partial charge is 0.126 e. The van der Waals surface area contributed by atoms with E-state index in [9.17, 15) is 5.11 Å². The van der Waals surface area contributed by atoms with Gasteiger partial charge in [-0.15, -0.1) is 0 Å². The molecule has 0 amide bonds. The maximum atomic E-state index is 10.1. The molecule has 2 N–H and O–H groups in total. The van der Waals surface area contributed by atoms with Crippen molar-refractivity contribution in [3.63, 3.8) is 0 Å². The Balaban J connectivity index is 1.96. The molecular weight excluding hydrogens is 238 g/mol. The number of aryl methyl sites for hydroxylation is 1. The van der Waals surface area contributed by atoms with Gasteiger partial charge in [0.2, 0.25) is 0 Å². The van der Waals surface area contributed by atoms with Crippen molar-refractivity contribution in [2.45, 2.75) is 13.0 Å². The predicted octanol–water partition coefficient (Wildman–Crippen LogP) is 2.41. The summed E-state index contributed by atoms with van der Waals surface area (Å²) in [6.07, 6.45) is 0.916. The first-order chi connectivity index (χ1) is 9.19. The van der Waals surface area contributed by atoms with Crippen molar-refractivity contribution in [3.8, 4) is 6.07 Å². The summed E-state index contributed by atoms with van der Waals surface area (Å²) < 4.78 is 0. The van der Waals surface area contributed by atoms with Crippen LogP contribution in [0.1, 0.15) is 22.8 Å². The number of hydrogen-bond acceptors (Lipinski definition) is 4. The monoisotopic (exact) mass is 253 g/mol. The Morgan fingerprint density at radius 3 is 2.84 bits per heavy atom. The highest BCUT2D eigenvalue weighted by Crippen LogP contribution is 2.15. The van der Waals surface area contributed by atoms with Crippen LogP contribution in [0, 0.1) is 18.3 Å². The summed E-state index contributed by atoms with van der Waals surface area (Å²) in [6, 6.07) is 13.2. The third-order valence-corrected chi connectivity index (χ3v) is 2.80. The van der Waals surface area contributed by atoms with Crippen LogP contribution >= 0.6 is 0 Å². The van der Waals surface area contributed by atoms with Gasteiger partial charge in [-0.05, 0) is 24.6 Å². The molecule has 0 aliphatic heterocycles. The topological polar surface area (TPSA) is 68.9 Å². The van der Waals surface area contributed by atoms with Crippen molar-refractivity contribution in [1.29, 1.82) is 5.26 Å². The minimum absolute atomic E-state index is 0.377. The molecule has 0 aliphatic carbocycles. The summed E-state index contributed by atoms with van der Waals surface area (Å²) >= 11 is 0. The highest BCUT2D eigenvalue weighted by Gasteiger charge is 2.07. The van der Waals surface area contributed by atoms with E-state index >= 15 is 0 Å². The van der Waals surface area contributed by atoms with Crippen molar-refractivity contribution >= 4 is 5.82 Å². The number of pyridine rings is 1. The van der Waals surface area contributed by atoms with Gasteiger partial charge in [0.15, 0.2) is 0 Å². The minimum atomic E-state index is -0.586. The molecule has 19 heavy (non-hydrogen) atoms. The molecule has 1 aromatic carbocycles. The van der Waals surface area contributed by atoms with E-state index in [-0.39, 0.29) is 0 Å². The van der Waals surface area contributed by atoms with Crippen LogP contribution in [0.5, 0.6) is 0 Å². The second-order valence-corrected chi connectivity index (χ2v) is 4.35. The van der Waals surface area contributed by atoms with Crippen LogP contribution in [-0.2, 0) is 0 Å². The number of benzene rings is 1. The molecule has 1 unspecified atom stereocenters. The first-order valence-electron chi connectivity index (χ1n) is 6.03. The Morgan fingerprint density at radius 2 is 2.21 bits per heavy atom.